The van der Waals surface area contributed by atoms with Crippen LogP contribution in [0.15, 0.2) is 42.5 Å². The van der Waals surface area contributed by atoms with Gasteiger partial charge in [0.25, 0.3) is 0 Å². The summed E-state index contributed by atoms with van der Waals surface area (Å²) in [7, 11) is 1.26. The maximum atomic E-state index is 11.1. The number of aldehydes is 1. The first-order valence-corrected chi connectivity index (χ1v) is 7.16. The Labute approximate surface area is 138 Å². The van der Waals surface area contributed by atoms with Crippen molar-refractivity contribution in [3.63, 3.8) is 0 Å². The highest BCUT2D eigenvalue weighted by Gasteiger charge is 2.08. The molecule has 0 atom stereocenters. The third kappa shape index (κ3) is 5.00. The molecule has 120 valence electrons. The number of ether oxygens (including phenoxy) is 3. The molecular formula is C17H15ClO5. The molecule has 23 heavy (non-hydrogen) atoms. The molecule has 0 heterocycles. The number of benzene rings is 2. The summed E-state index contributed by atoms with van der Waals surface area (Å²) in [5.74, 6) is 0.279. The third-order valence-corrected chi connectivity index (χ3v) is 3.21. The highest BCUT2D eigenvalue weighted by atomic mass is 35.5. The fraction of sp³-hybridized carbons (Fsp3) is 0.176. The van der Waals surface area contributed by atoms with Crippen molar-refractivity contribution >= 4 is 23.9 Å². The fourth-order valence-electron chi connectivity index (χ4n) is 1.83. The lowest BCUT2D eigenvalue weighted by Crippen LogP contribution is -2.13. The molecule has 2 aromatic carbocycles. The molecule has 0 saturated heterocycles. The second-order valence-corrected chi connectivity index (χ2v) is 5.04. The van der Waals surface area contributed by atoms with Crippen molar-refractivity contribution in [1.29, 1.82) is 0 Å². The number of rotatable bonds is 7. The third-order valence-electron chi connectivity index (χ3n) is 2.98. The van der Waals surface area contributed by atoms with Crippen LogP contribution in [0.25, 0.3) is 0 Å². The van der Waals surface area contributed by atoms with E-state index in [4.69, 9.17) is 21.1 Å². The van der Waals surface area contributed by atoms with E-state index in [9.17, 15) is 9.59 Å². The lowest BCUT2D eigenvalue weighted by atomic mass is 10.2. The quantitative estimate of drug-likeness (QED) is 0.574. The molecule has 6 heteroatoms. The maximum Gasteiger partial charge on any atom is 0.343 e. The standard InChI is InChI=1S/C17H15ClO5/c1-21-17(20)11-23-16-6-5-15(8-13(16)9-19)22-10-12-3-2-4-14(18)7-12/h2-9H,10-11H2,1H3. The van der Waals surface area contributed by atoms with Crippen LogP contribution in [0, 0.1) is 0 Å². The van der Waals surface area contributed by atoms with E-state index in [0.717, 1.165) is 5.56 Å². The summed E-state index contributed by atoms with van der Waals surface area (Å²) in [5, 5.41) is 0.631. The summed E-state index contributed by atoms with van der Waals surface area (Å²) >= 11 is 5.91. The number of carbonyl (C=O) groups excluding carboxylic acids is 2. The molecule has 0 saturated carbocycles. The second kappa shape index (κ2) is 8.19. The normalized spacial score (nSPS) is 10.0. The summed E-state index contributed by atoms with van der Waals surface area (Å²) in [6.07, 6.45) is 0.638. The van der Waals surface area contributed by atoms with Crippen molar-refractivity contribution in [2.75, 3.05) is 13.7 Å². The highest BCUT2D eigenvalue weighted by Crippen LogP contribution is 2.24. The molecule has 2 rings (SSSR count). The van der Waals surface area contributed by atoms with Crippen LogP contribution >= 0.6 is 11.6 Å². The number of carbonyl (C=O) groups is 2. The monoisotopic (exact) mass is 334 g/mol. The Hall–Kier alpha value is -2.53. The van der Waals surface area contributed by atoms with Crippen molar-refractivity contribution in [2.24, 2.45) is 0 Å². The Bertz CT molecular complexity index is 699. The van der Waals surface area contributed by atoms with Gasteiger partial charge in [0.2, 0.25) is 0 Å². The van der Waals surface area contributed by atoms with E-state index >= 15 is 0 Å². The van der Waals surface area contributed by atoms with E-state index in [1.165, 1.54) is 7.11 Å². The van der Waals surface area contributed by atoms with Gasteiger partial charge in [-0.15, -0.1) is 0 Å². The summed E-state index contributed by atoms with van der Waals surface area (Å²) < 4.78 is 15.3. The Morgan fingerprint density at radius 1 is 1.17 bits per heavy atom. The van der Waals surface area contributed by atoms with Gasteiger partial charge < -0.3 is 14.2 Å². The summed E-state index contributed by atoms with van der Waals surface area (Å²) in [6.45, 7) is 0.0568. The summed E-state index contributed by atoms with van der Waals surface area (Å²) in [5.41, 5.74) is 1.20. The minimum absolute atomic E-state index is 0.264. The first-order valence-electron chi connectivity index (χ1n) is 6.78. The number of esters is 1. The van der Waals surface area contributed by atoms with Crippen LogP contribution in [0.1, 0.15) is 15.9 Å². The van der Waals surface area contributed by atoms with E-state index in [-0.39, 0.29) is 12.2 Å². The molecule has 0 spiro atoms. The Kier molecular flexibility index (Phi) is 6.00. The lowest BCUT2D eigenvalue weighted by Gasteiger charge is -2.10. The van der Waals surface area contributed by atoms with E-state index < -0.39 is 5.97 Å². The van der Waals surface area contributed by atoms with Crippen LogP contribution < -0.4 is 9.47 Å². The Morgan fingerprint density at radius 2 is 2.00 bits per heavy atom. The van der Waals surface area contributed by atoms with Crippen LogP contribution in [0.5, 0.6) is 11.5 Å². The summed E-state index contributed by atoms with van der Waals surface area (Å²) in [6, 6.07) is 12.1. The molecule has 0 aliphatic rings. The van der Waals surface area contributed by atoms with E-state index in [1.54, 1.807) is 30.3 Å². The van der Waals surface area contributed by atoms with Gasteiger partial charge in [-0.25, -0.2) is 4.79 Å². The molecule has 5 nitrogen and oxygen atoms in total. The largest absolute Gasteiger partial charge is 0.489 e. The van der Waals surface area contributed by atoms with Gasteiger partial charge in [0, 0.05) is 5.02 Å². The highest BCUT2D eigenvalue weighted by molar-refractivity contribution is 6.30. The van der Waals surface area contributed by atoms with Crippen LogP contribution in [-0.2, 0) is 16.1 Å². The molecule has 0 bridgehead atoms. The predicted octanol–water partition coefficient (Wildman–Crippen LogP) is 3.28. The SMILES string of the molecule is COC(=O)COc1ccc(OCc2cccc(Cl)c2)cc1C=O. The number of halogens is 1. The molecule has 0 amide bonds. The van der Waals surface area contributed by atoms with Gasteiger partial charge in [0.1, 0.15) is 18.1 Å². The van der Waals surface area contributed by atoms with Gasteiger partial charge in [-0.1, -0.05) is 23.7 Å². The Balaban J connectivity index is 2.03. The van der Waals surface area contributed by atoms with E-state index in [1.807, 2.05) is 12.1 Å². The summed E-state index contributed by atoms with van der Waals surface area (Å²) in [4.78, 5) is 22.2. The molecule has 0 aliphatic heterocycles. The minimum Gasteiger partial charge on any atom is -0.489 e. The van der Waals surface area contributed by atoms with Crippen molar-refractivity contribution < 1.29 is 23.8 Å². The average Bonchev–Trinajstić information content (AvgIpc) is 2.58. The molecule has 0 fully saturated rings. The predicted molar refractivity (Wildman–Crippen MR) is 85.1 cm³/mol. The van der Waals surface area contributed by atoms with Gasteiger partial charge in [0.05, 0.1) is 12.7 Å². The first-order chi connectivity index (χ1) is 11.1. The van der Waals surface area contributed by atoms with Crippen LogP contribution in [-0.4, -0.2) is 26.0 Å². The number of methoxy groups -OCH3 is 1. The zero-order chi connectivity index (χ0) is 16.7. The van der Waals surface area contributed by atoms with Gasteiger partial charge in [0.15, 0.2) is 12.9 Å². The van der Waals surface area contributed by atoms with Crippen LogP contribution in [0.2, 0.25) is 5.02 Å². The number of hydrogen-bond donors (Lipinski definition) is 0. The molecular weight excluding hydrogens is 320 g/mol. The second-order valence-electron chi connectivity index (χ2n) is 4.60. The van der Waals surface area contributed by atoms with Crippen molar-refractivity contribution in [2.45, 2.75) is 6.61 Å². The molecule has 2 aromatic rings. The van der Waals surface area contributed by atoms with Crippen molar-refractivity contribution in [1.82, 2.24) is 0 Å². The smallest absolute Gasteiger partial charge is 0.343 e. The minimum atomic E-state index is -0.525. The molecule has 0 N–H and O–H groups in total. The van der Waals surface area contributed by atoms with Gasteiger partial charge in [-0.3, -0.25) is 4.79 Å². The molecule has 0 aliphatic carbocycles. The number of hydrogen-bond acceptors (Lipinski definition) is 5. The zero-order valence-corrected chi connectivity index (χ0v) is 13.2. The van der Waals surface area contributed by atoms with E-state index in [2.05, 4.69) is 4.74 Å². The van der Waals surface area contributed by atoms with Crippen LogP contribution in [0.4, 0.5) is 0 Å². The molecule has 0 aromatic heterocycles. The van der Waals surface area contributed by atoms with Gasteiger partial charge >= 0.3 is 5.97 Å². The molecule has 0 unspecified atom stereocenters. The first kappa shape index (κ1) is 16.8. The lowest BCUT2D eigenvalue weighted by molar-refractivity contribution is -0.142. The van der Waals surface area contributed by atoms with Crippen LogP contribution in [0.3, 0.4) is 0 Å². The maximum absolute atomic E-state index is 11.1. The van der Waals surface area contributed by atoms with E-state index in [0.29, 0.717) is 29.4 Å². The van der Waals surface area contributed by atoms with Crippen molar-refractivity contribution in [3.8, 4) is 11.5 Å². The van der Waals surface area contributed by atoms with Gasteiger partial charge in [-0.2, -0.15) is 0 Å². The topological polar surface area (TPSA) is 61.8 Å². The average molecular weight is 335 g/mol. The van der Waals surface area contributed by atoms with Gasteiger partial charge in [-0.05, 0) is 35.9 Å². The zero-order valence-electron chi connectivity index (χ0n) is 12.5. The Morgan fingerprint density at radius 3 is 2.70 bits per heavy atom. The molecule has 0 radical (unpaired) electrons. The van der Waals surface area contributed by atoms with Crippen molar-refractivity contribution in [3.05, 3.63) is 58.6 Å². The fourth-order valence-corrected chi connectivity index (χ4v) is 2.04.